The molecule has 2 N–H and O–H groups in total. The molecule has 0 spiro atoms. The van der Waals surface area contributed by atoms with Gasteiger partial charge in [-0.2, -0.15) is 0 Å². The molecule has 0 amide bonds. The van der Waals surface area contributed by atoms with Crippen molar-refractivity contribution in [2.24, 2.45) is 4.99 Å². The van der Waals surface area contributed by atoms with Crippen LogP contribution in [0.5, 0.6) is 0 Å². The van der Waals surface area contributed by atoms with Crippen LogP contribution in [0, 0.1) is 13.8 Å². The van der Waals surface area contributed by atoms with E-state index in [2.05, 4.69) is 53.5 Å². The Balaban J connectivity index is 0.00000338. The Kier molecular flexibility index (Phi) is 10.1. The van der Waals surface area contributed by atoms with Crippen LogP contribution in [0.25, 0.3) is 0 Å². The van der Waals surface area contributed by atoms with E-state index in [9.17, 15) is 0 Å². The van der Waals surface area contributed by atoms with Crippen LogP contribution in [0.4, 0.5) is 0 Å². The highest BCUT2D eigenvalue weighted by Gasteiger charge is 2.13. The lowest BCUT2D eigenvalue weighted by atomic mass is 9.99. The van der Waals surface area contributed by atoms with Crippen LogP contribution in [-0.4, -0.2) is 22.6 Å². The molecule has 2 aromatic rings. The molecule has 0 unspecified atom stereocenters. The third-order valence-electron chi connectivity index (χ3n) is 4.20. The van der Waals surface area contributed by atoms with Gasteiger partial charge in [0.05, 0.1) is 17.9 Å². The van der Waals surface area contributed by atoms with E-state index < -0.39 is 0 Å². The number of rotatable bonds is 8. The molecule has 0 saturated carbocycles. The van der Waals surface area contributed by atoms with E-state index in [1.165, 1.54) is 4.88 Å². The maximum absolute atomic E-state index is 5.44. The molecular weight excluding hydrogens is 461 g/mol. The van der Waals surface area contributed by atoms with Crippen molar-refractivity contribution in [1.29, 1.82) is 0 Å². The number of nitrogens with one attached hydrogen (secondary N) is 2. The first-order valence-corrected chi connectivity index (χ1v) is 9.79. The molecule has 2 heterocycles. The second-order valence-electron chi connectivity index (χ2n) is 6.03. The Labute approximate surface area is 177 Å². The first kappa shape index (κ1) is 22.9. The maximum Gasteiger partial charge on any atom is 0.192 e. The zero-order valence-electron chi connectivity index (χ0n) is 16.3. The number of hydrogen-bond acceptors (Lipinski definition) is 5. The molecule has 2 rings (SSSR count). The van der Waals surface area contributed by atoms with Gasteiger partial charge in [-0.15, -0.1) is 35.3 Å². The van der Waals surface area contributed by atoms with E-state index in [1.54, 1.807) is 11.3 Å². The van der Waals surface area contributed by atoms with Crippen LogP contribution in [0.15, 0.2) is 15.6 Å². The minimum absolute atomic E-state index is 0. The van der Waals surface area contributed by atoms with Crippen molar-refractivity contribution in [3.05, 3.63) is 33.1 Å². The smallest absolute Gasteiger partial charge is 0.192 e. The lowest BCUT2D eigenvalue weighted by Gasteiger charge is -2.09. The zero-order chi connectivity index (χ0) is 18.2. The van der Waals surface area contributed by atoms with Gasteiger partial charge in [-0.3, -0.25) is 0 Å². The summed E-state index contributed by atoms with van der Waals surface area (Å²) in [5.41, 5.74) is 2.13. The largest absolute Gasteiger partial charge is 0.359 e. The fourth-order valence-corrected chi connectivity index (χ4v) is 3.45. The summed E-state index contributed by atoms with van der Waals surface area (Å²) in [7, 11) is 0. The fraction of sp³-hybridized carbons (Fsp3) is 0.611. The summed E-state index contributed by atoms with van der Waals surface area (Å²) in [6.07, 6.45) is 2.14. The maximum atomic E-state index is 5.44. The number of aryl methyl sites for hydroxylation is 2. The van der Waals surface area contributed by atoms with Crippen LogP contribution in [-0.2, 0) is 13.1 Å². The molecule has 6 nitrogen and oxygen atoms in total. The van der Waals surface area contributed by atoms with E-state index >= 15 is 0 Å². The van der Waals surface area contributed by atoms with Crippen LogP contribution >= 0.6 is 35.3 Å². The quantitative estimate of drug-likeness (QED) is 0.323. The summed E-state index contributed by atoms with van der Waals surface area (Å²) >= 11 is 1.72. The topological polar surface area (TPSA) is 75.3 Å². The van der Waals surface area contributed by atoms with Gasteiger partial charge in [0.25, 0.3) is 0 Å². The standard InChI is InChI=1S/C18H29N5OS.HI/c1-6-14(7-2)16-9-15(24-23-16)10-20-18(19-8-3)21-11-17-22-12(4)13(5)25-17;/h9,14H,6-8,10-11H2,1-5H3,(H2,19,20,21);1H. The van der Waals surface area contributed by atoms with Gasteiger partial charge in [0.1, 0.15) is 11.6 Å². The second kappa shape index (κ2) is 11.5. The number of nitrogens with zero attached hydrogens (tertiary/aromatic N) is 3. The van der Waals surface area contributed by atoms with Crippen molar-refractivity contribution in [3.63, 3.8) is 0 Å². The van der Waals surface area contributed by atoms with E-state index in [1.807, 2.05) is 13.0 Å². The van der Waals surface area contributed by atoms with Crippen molar-refractivity contribution in [2.75, 3.05) is 6.54 Å². The van der Waals surface area contributed by atoms with Gasteiger partial charge in [-0.1, -0.05) is 19.0 Å². The molecule has 0 atom stereocenters. The Hall–Kier alpha value is -1.16. The van der Waals surface area contributed by atoms with Gasteiger partial charge in [-0.05, 0) is 33.6 Å². The summed E-state index contributed by atoms with van der Waals surface area (Å²) in [6.45, 7) is 12.5. The summed E-state index contributed by atoms with van der Waals surface area (Å²) in [5, 5.41) is 11.8. The van der Waals surface area contributed by atoms with E-state index in [4.69, 9.17) is 4.52 Å². The average Bonchev–Trinajstić information content (AvgIpc) is 3.19. The monoisotopic (exact) mass is 491 g/mol. The number of hydrogen-bond donors (Lipinski definition) is 2. The van der Waals surface area contributed by atoms with E-state index in [0.717, 1.165) is 47.5 Å². The van der Waals surface area contributed by atoms with Crippen LogP contribution < -0.4 is 10.6 Å². The van der Waals surface area contributed by atoms with Crippen molar-refractivity contribution in [1.82, 2.24) is 20.8 Å². The Bertz CT molecular complexity index is 674. The average molecular weight is 491 g/mol. The Morgan fingerprint density at radius 3 is 2.54 bits per heavy atom. The number of halogens is 1. The predicted molar refractivity (Wildman–Crippen MR) is 118 cm³/mol. The van der Waals surface area contributed by atoms with Crippen LogP contribution in [0.1, 0.15) is 66.6 Å². The van der Waals surface area contributed by atoms with E-state index in [-0.39, 0.29) is 24.0 Å². The minimum Gasteiger partial charge on any atom is -0.359 e. The molecular formula is C18H30IN5OS. The third-order valence-corrected chi connectivity index (χ3v) is 5.27. The molecule has 26 heavy (non-hydrogen) atoms. The van der Waals surface area contributed by atoms with Crippen molar-refractivity contribution in [2.45, 2.75) is 66.5 Å². The fourth-order valence-electron chi connectivity index (χ4n) is 2.58. The zero-order valence-corrected chi connectivity index (χ0v) is 19.4. The first-order valence-electron chi connectivity index (χ1n) is 8.97. The summed E-state index contributed by atoms with van der Waals surface area (Å²) in [4.78, 5) is 10.4. The minimum atomic E-state index is 0. The molecule has 146 valence electrons. The second-order valence-corrected chi connectivity index (χ2v) is 7.32. The van der Waals surface area contributed by atoms with Crippen LogP contribution in [0.2, 0.25) is 0 Å². The highest BCUT2D eigenvalue weighted by atomic mass is 127. The van der Waals surface area contributed by atoms with Crippen LogP contribution in [0.3, 0.4) is 0 Å². The van der Waals surface area contributed by atoms with Gasteiger partial charge >= 0.3 is 0 Å². The van der Waals surface area contributed by atoms with Gasteiger partial charge in [-0.25, -0.2) is 9.98 Å². The van der Waals surface area contributed by atoms with Gasteiger partial charge in [0.2, 0.25) is 0 Å². The first-order chi connectivity index (χ1) is 12.1. The molecule has 8 heteroatoms. The number of guanidine groups is 1. The molecule has 0 saturated heterocycles. The van der Waals surface area contributed by atoms with Crippen molar-refractivity contribution < 1.29 is 4.52 Å². The van der Waals surface area contributed by atoms with Gasteiger partial charge < -0.3 is 15.2 Å². The molecule has 0 fully saturated rings. The summed E-state index contributed by atoms with van der Waals surface area (Å²) < 4.78 is 5.44. The van der Waals surface area contributed by atoms with Gasteiger partial charge in [0, 0.05) is 23.4 Å². The highest BCUT2D eigenvalue weighted by Crippen LogP contribution is 2.22. The SMILES string of the molecule is CCNC(=NCc1cc(C(CC)CC)no1)NCc1nc(C)c(C)s1.I. The molecule has 0 aliphatic carbocycles. The molecule has 0 bridgehead atoms. The normalized spacial score (nSPS) is 11.5. The lowest BCUT2D eigenvalue weighted by Crippen LogP contribution is -2.36. The molecule has 0 radical (unpaired) electrons. The Morgan fingerprint density at radius 2 is 1.96 bits per heavy atom. The van der Waals surface area contributed by atoms with Gasteiger partial charge in [0.15, 0.2) is 11.7 Å². The predicted octanol–water partition coefficient (Wildman–Crippen LogP) is 4.52. The number of thiazole rings is 1. The number of aromatic nitrogens is 2. The molecule has 2 aromatic heterocycles. The van der Waals surface area contributed by atoms with Crippen molar-refractivity contribution >= 4 is 41.3 Å². The molecule has 0 aromatic carbocycles. The highest BCUT2D eigenvalue weighted by molar-refractivity contribution is 14.0. The summed E-state index contributed by atoms with van der Waals surface area (Å²) in [6, 6.07) is 2.03. The number of aliphatic imine (C=N–C) groups is 1. The third kappa shape index (κ3) is 6.53. The Morgan fingerprint density at radius 1 is 1.23 bits per heavy atom. The summed E-state index contributed by atoms with van der Waals surface area (Å²) in [5.74, 6) is 2.01. The van der Waals surface area contributed by atoms with E-state index in [0.29, 0.717) is 19.0 Å². The molecule has 0 aliphatic rings. The van der Waals surface area contributed by atoms with Crippen molar-refractivity contribution in [3.8, 4) is 0 Å². The molecule has 0 aliphatic heterocycles. The lowest BCUT2D eigenvalue weighted by molar-refractivity contribution is 0.372.